The van der Waals surface area contributed by atoms with E-state index in [-0.39, 0.29) is 28.9 Å². The maximum atomic E-state index is 12.3. The first-order valence-corrected chi connectivity index (χ1v) is 17.3. The molecule has 0 saturated carbocycles. The zero-order valence-electron chi connectivity index (χ0n) is 27.8. The molecule has 4 aromatic rings. The number of allylic oxidation sites excluding steroid dienone is 1. The van der Waals surface area contributed by atoms with Gasteiger partial charge in [-0.1, -0.05) is 97.1 Å². The first kappa shape index (κ1) is 37.3. The molecule has 2 saturated heterocycles. The van der Waals surface area contributed by atoms with E-state index in [0.717, 1.165) is 5.56 Å². The second-order valence-corrected chi connectivity index (χ2v) is 12.7. The van der Waals surface area contributed by atoms with Crippen LogP contribution in [0, 0.1) is 0 Å². The fourth-order valence-corrected chi connectivity index (χ4v) is 6.19. The van der Waals surface area contributed by atoms with E-state index >= 15 is 0 Å². The number of ketones is 1. The third-order valence-electron chi connectivity index (χ3n) is 8.57. The minimum atomic E-state index is -4.67. The molecule has 10 nitrogen and oxygen atoms in total. The van der Waals surface area contributed by atoms with Crippen molar-refractivity contribution in [2.45, 2.75) is 50.0 Å². The lowest BCUT2D eigenvalue weighted by Gasteiger charge is -2.38. The van der Waals surface area contributed by atoms with Crippen LogP contribution < -0.4 is 9.47 Å². The molecule has 0 amide bonds. The molecule has 11 heteroatoms. The maximum absolute atomic E-state index is 12.3. The number of phenolic OH excluding ortho intramolecular Hbond substituents is 1. The Morgan fingerprint density at radius 1 is 0.816 bits per heavy atom. The number of ether oxygens (including phenoxy) is 3. The van der Waals surface area contributed by atoms with Crippen LogP contribution in [0.25, 0.3) is 6.08 Å². The van der Waals surface area contributed by atoms with Crippen molar-refractivity contribution in [3.63, 3.8) is 0 Å². The Morgan fingerprint density at radius 2 is 1.31 bits per heavy atom. The molecule has 2 heterocycles. The summed E-state index contributed by atoms with van der Waals surface area (Å²) in [5, 5.41) is 9.99. The van der Waals surface area contributed by atoms with E-state index in [1.807, 2.05) is 30.3 Å². The number of hydrogen-bond donors (Lipinski definition) is 3. The molecule has 2 aliphatic heterocycles. The number of aromatic hydroxyl groups is 1. The Kier molecular flexibility index (Phi) is 13.5. The van der Waals surface area contributed by atoms with E-state index < -0.39 is 10.4 Å². The number of hydrogen-bond acceptors (Lipinski definition) is 8. The highest BCUT2D eigenvalue weighted by Crippen LogP contribution is 2.39. The Morgan fingerprint density at radius 3 is 1.78 bits per heavy atom. The summed E-state index contributed by atoms with van der Waals surface area (Å²) in [7, 11) is 0.529. The first-order valence-electron chi connectivity index (χ1n) is 15.9. The second-order valence-electron chi connectivity index (χ2n) is 11.8. The minimum absolute atomic E-state index is 0.0465. The summed E-state index contributed by atoms with van der Waals surface area (Å²) >= 11 is 0. The Bertz CT molecular complexity index is 1710. The quantitative estimate of drug-likeness (QED) is 0.0949. The largest absolute Gasteiger partial charge is 0.507 e. The fraction of sp³-hybridized carbons (Fsp3) is 0.289. The Labute approximate surface area is 288 Å². The van der Waals surface area contributed by atoms with Crippen molar-refractivity contribution in [3.05, 3.63) is 131 Å². The van der Waals surface area contributed by atoms with Gasteiger partial charge in [0.05, 0.1) is 20.3 Å². The topological polar surface area (TPSA) is 143 Å². The van der Waals surface area contributed by atoms with Crippen LogP contribution in [-0.4, -0.2) is 72.8 Å². The molecule has 260 valence electrons. The van der Waals surface area contributed by atoms with Crippen molar-refractivity contribution in [3.8, 4) is 17.2 Å². The zero-order chi connectivity index (χ0) is 35.4. The number of carbonyl (C=O) groups is 1. The summed E-state index contributed by atoms with van der Waals surface area (Å²) in [4.78, 5) is 14.8. The van der Waals surface area contributed by atoms with Crippen LogP contribution in [0.3, 0.4) is 0 Å². The second kappa shape index (κ2) is 17.8. The minimum Gasteiger partial charge on any atom is -0.507 e. The van der Waals surface area contributed by atoms with Gasteiger partial charge in [0.1, 0.15) is 28.9 Å². The molecule has 6 rings (SSSR count). The third kappa shape index (κ3) is 11.3. The van der Waals surface area contributed by atoms with Crippen LogP contribution in [0.4, 0.5) is 0 Å². The van der Waals surface area contributed by atoms with Crippen molar-refractivity contribution in [2.75, 3.05) is 21.3 Å². The van der Waals surface area contributed by atoms with Gasteiger partial charge in [0.15, 0.2) is 5.78 Å². The van der Waals surface area contributed by atoms with Crippen LogP contribution in [0.1, 0.15) is 58.8 Å². The van der Waals surface area contributed by atoms with E-state index in [2.05, 4.69) is 72.6 Å². The fourth-order valence-electron chi connectivity index (χ4n) is 6.19. The van der Waals surface area contributed by atoms with Gasteiger partial charge in [0.25, 0.3) is 0 Å². The predicted octanol–water partition coefficient (Wildman–Crippen LogP) is 7.07. The lowest BCUT2D eigenvalue weighted by atomic mass is 9.97. The number of methoxy groups -OCH3 is 2. The first-order chi connectivity index (χ1) is 23.5. The highest BCUT2D eigenvalue weighted by molar-refractivity contribution is 7.79. The van der Waals surface area contributed by atoms with Crippen LogP contribution >= 0.6 is 0 Å². The number of rotatable bonds is 9. The average molecular weight is 690 g/mol. The van der Waals surface area contributed by atoms with Crippen molar-refractivity contribution in [2.24, 2.45) is 0 Å². The summed E-state index contributed by atoms with van der Waals surface area (Å²) in [6.07, 6.45) is 8.52. The monoisotopic (exact) mass is 689 g/mol. The molecule has 4 aromatic carbocycles. The number of nitrogens with zero attached hydrogens (tertiary/aromatic N) is 1. The number of benzene rings is 4. The van der Waals surface area contributed by atoms with Gasteiger partial charge >= 0.3 is 10.4 Å². The molecule has 0 radical (unpaired) electrons. The number of phenols is 1. The molecule has 2 aliphatic rings. The highest BCUT2D eigenvalue weighted by atomic mass is 32.3. The zero-order valence-corrected chi connectivity index (χ0v) is 28.6. The molecule has 2 bridgehead atoms. The van der Waals surface area contributed by atoms with Crippen molar-refractivity contribution < 1.29 is 41.6 Å². The molecule has 2 unspecified atom stereocenters. The summed E-state index contributed by atoms with van der Waals surface area (Å²) in [5.41, 5.74) is 3.53. The van der Waals surface area contributed by atoms with E-state index in [0.29, 0.717) is 23.9 Å². The van der Waals surface area contributed by atoms with Crippen molar-refractivity contribution in [1.29, 1.82) is 0 Å². The number of fused-ring (bicyclic) bond motifs is 2. The molecule has 49 heavy (non-hydrogen) atoms. The van der Waals surface area contributed by atoms with Crippen molar-refractivity contribution in [1.82, 2.24) is 4.90 Å². The van der Waals surface area contributed by atoms with Gasteiger partial charge in [-0.15, -0.1) is 0 Å². The summed E-state index contributed by atoms with van der Waals surface area (Å²) in [6, 6.07) is 35.1. The predicted molar refractivity (Wildman–Crippen MR) is 189 cm³/mol. The lowest BCUT2D eigenvalue weighted by molar-refractivity contribution is -0.0426. The molecule has 0 aromatic heterocycles. The van der Waals surface area contributed by atoms with E-state index in [9.17, 15) is 9.90 Å². The summed E-state index contributed by atoms with van der Waals surface area (Å²) < 4.78 is 48.4. The smallest absolute Gasteiger partial charge is 0.394 e. The lowest BCUT2D eigenvalue weighted by Crippen LogP contribution is -2.43. The van der Waals surface area contributed by atoms with Crippen LogP contribution in [0.5, 0.6) is 17.2 Å². The average Bonchev–Trinajstić information content (AvgIpc) is 3.29. The van der Waals surface area contributed by atoms with Gasteiger partial charge in [0, 0.05) is 24.2 Å². The van der Waals surface area contributed by atoms with Crippen molar-refractivity contribution >= 4 is 22.3 Å². The van der Waals surface area contributed by atoms with Crippen LogP contribution in [-0.2, 0) is 15.1 Å². The number of carbonyl (C=O) groups excluding carboxylic acids is 1. The SMILES string of the molecule is CN1C2CCC1CC(OC(c1ccccc1)c1ccccc1)C2.COc1cc(O)c(C(=O)C=Cc2ccccc2)c(OC)c1.O=S(=O)(O)O. The standard InChI is InChI=1S/C21H25NO.C17H16O4.H2O4S/c1-22-18-12-13-19(22)15-20(14-18)23-21(16-8-4-2-5-9-16)17-10-6-3-7-11-17;1-20-13-10-15(19)17(16(11-13)21-2)14(18)9-8-12-6-4-3-5-7-12;1-5(2,3)4/h2-11,18-21H,12-15H2,1H3;3-11,19H,1-2H3;(H2,1,2,3,4). The number of piperidine rings is 1. The summed E-state index contributed by atoms with van der Waals surface area (Å²) in [6.45, 7) is 0. The van der Waals surface area contributed by atoms with Crippen LogP contribution in [0.15, 0.2) is 109 Å². The van der Waals surface area contributed by atoms with E-state index in [1.54, 1.807) is 12.1 Å². The van der Waals surface area contributed by atoms with E-state index in [1.165, 1.54) is 63.2 Å². The molecule has 0 spiro atoms. The molecular weight excluding hydrogens is 646 g/mol. The van der Waals surface area contributed by atoms with Gasteiger partial charge < -0.3 is 24.2 Å². The van der Waals surface area contributed by atoms with Crippen LogP contribution in [0.2, 0.25) is 0 Å². The van der Waals surface area contributed by atoms with Gasteiger partial charge in [-0.05, 0) is 55.5 Å². The molecule has 3 N–H and O–H groups in total. The normalized spacial score (nSPS) is 18.6. The molecule has 0 aliphatic carbocycles. The van der Waals surface area contributed by atoms with Gasteiger partial charge in [-0.25, -0.2) is 0 Å². The molecule has 2 atom stereocenters. The summed E-state index contributed by atoms with van der Waals surface area (Å²) in [5.74, 6) is 0.187. The maximum Gasteiger partial charge on any atom is 0.394 e. The molecule has 2 fully saturated rings. The Balaban J connectivity index is 0.000000195. The van der Waals surface area contributed by atoms with Gasteiger partial charge in [-0.2, -0.15) is 8.42 Å². The van der Waals surface area contributed by atoms with Gasteiger partial charge in [0.2, 0.25) is 0 Å². The highest BCUT2D eigenvalue weighted by Gasteiger charge is 2.39. The third-order valence-corrected chi connectivity index (χ3v) is 8.57. The van der Waals surface area contributed by atoms with Gasteiger partial charge in [-0.3, -0.25) is 13.9 Å². The molecular formula is C38H43NO9S. The van der Waals surface area contributed by atoms with E-state index in [4.69, 9.17) is 31.7 Å². The Hall–Kier alpha value is -4.52.